The monoisotopic (exact) mass is 248 g/mol. The van der Waals surface area contributed by atoms with Crippen LogP contribution in [0.15, 0.2) is 18.3 Å². The Balaban J connectivity index is 2.04. The smallest absolute Gasteiger partial charge is 0.303 e. The molecule has 0 radical (unpaired) electrons. The number of pyridine rings is 1. The lowest BCUT2D eigenvalue weighted by molar-refractivity contribution is -0.138. The van der Waals surface area contributed by atoms with Crippen molar-refractivity contribution in [1.82, 2.24) is 9.88 Å². The molecule has 1 aromatic rings. The highest BCUT2D eigenvalue weighted by molar-refractivity contribution is 5.95. The second-order valence-corrected chi connectivity index (χ2v) is 4.64. The largest absolute Gasteiger partial charge is 0.481 e. The number of rotatable bonds is 3. The maximum atomic E-state index is 12.2. The Bertz CT molecular complexity index is 473. The van der Waals surface area contributed by atoms with E-state index in [4.69, 9.17) is 5.11 Å². The summed E-state index contributed by atoms with van der Waals surface area (Å²) in [6, 6.07) is 3.50. The molecule has 1 saturated heterocycles. The van der Waals surface area contributed by atoms with Crippen molar-refractivity contribution in [3.8, 4) is 0 Å². The molecule has 1 aliphatic heterocycles. The van der Waals surface area contributed by atoms with Crippen LogP contribution in [-0.4, -0.2) is 40.0 Å². The third kappa shape index (κ3) is 2.67. The highest BCUT2D eigenvalue weighted by Crippen LogP contribution is 2.21. The molecule has 2 heterocycles. The van der Waals surface area contributed by atoms with E-state index in [0.717, 1.165) is 6.42 Å². The molecular weight excluding hydrogens is 232 g/mol. The minimum atomic E-state index is -0.799. The molecule has 5 heteroatoms. The van der Waals surface area contributed by atoms with Crippen LogP contribution in [-0.2, 0) is 4.79 Å². The van der Waals surface area contributed by atoms with Gasteiger partial charge in [0.2, 0.25) is 0 Å². The van der Waals surface area contributed by atoms with Gasteiger partial charge in [-0.1, -0.05) is 0 Å². The van der Waals surface area contributed by atoms with Crippen LogP contribution in [0.2, 0.25) is 0 Å². The normalized spacial score (nSPS) is 18.9. The Labute approximate surface area is 105 Å². The Hall–Kier alpha value is -1.91. The second-order valence-electron chi connectivity index (χ2n) is 4.64. The summed E-state index contributed by atoms with van der Waals surface area (Å²) >= 11 is 0. The van der Waals surface area contributed by atoms with Crippen molar-refractivity contribution >= 4 is 11.9 Å². The van der Waals surface area contributed by atoms with E-state index < -0.39 is 5.97 Å². The molecule has 1 N–H and O–H groups in total. The highest BCUT2D eigenvalue weighted by atomic mass is 16.4. The van der Waals surface area contributed by atoms with Gasteiger partial charge in [0.15, 0.2) is 0 Å². The summed E-state index contributed by atoms with van der Waals surface area (Å²) in [5, 5.41) is 8.75. The van der Waals surface area contributed by atoms with Crippen molar-refractivity contribution in [1.29, 1.82) is 0 Å². The van der Waals surface area contributed by atoms with Crippen LogP contribution in [0.4, 0.5) is 0 Å². The van der Waals surface area contributed by atoms with Gasteiger partial charge in [-0.15, -0.1) is 0 Å². The third-order valence-corrected chi connectivity index (χ3v) is 3.27. The van der Waals surface area contributed by atoms with Crippen molar-refractivity contribution in [3.05, 3.63) is 29.6 Å². The zero-order chi connectivity index (χ0) is 13.1. The minimum Gasteiger partial charge on any atom is -0.481 e. The van der Waals surface area contributed by atoms with E-state index in [1.807, 2.05) is 0 Å². The molecule has 1 atom stereocenters. The number of hydrogen-bond donors (Lipinski definition) is 1. The summed E-state index contributed by atoms with van der Waals surface area (Å²) in [7, 11) is 0. The molecule has 1 amide bonds. The van der Waals surface area contributed by atoms with Crippen LogP contribution >= 0.6 is 0 Å². The van der Waals surface area contributed by atoms with Gasteiger partial charge in [-0.05, 0) is 31.4 Å². The maximum absolute atomic E-state index is 12.2. The minimum absolute atomic E-state index is 0.0477. The second kappa shape index (κ2) is 5.16. The van der Waals surface area contributed by atoms with E-state index >= 15 is 0 Å². The van der Waals surface area contributed by atoms with Gasteiger partial charge >= 0.3 is 5.97 Å². The van der Waals surface area contributed by atoms with Crippen LogP contribution in [0.1, 0.15) is 28.9 Å². The Kier molecular flexibility index (Phi) is 3.60. The SMILES string of the molecule is Cc1ncccc1C(=O)N1CCC(CC(=O)O)C1. The van der Waals surface area contributed by atoms with E-state index in [0.29, 0.717) is 24.3 Å². The van der Waals surface area contributed by atoms with Crippen LogP contribution in [0.3, 0.4) is 0 Å². The lowest BCUT2D eigenvalue weighted by Crippen LogP contribution is -2.29. The van der Waals surface area contributed by atoms with Crippen LogP contribution in [0.5, 0.6) is 0 Å². The van der Waals surface area contributed by atoms with Gasteiger partial charge in [-0.2, -0.15) is 0 Å². The molecule has 0 aromatic carbocycles. The van der Waals surface area contributed by atoms with Crippen LogP contribution in [0.25, 0.3) is 0 Å². The fraction of sp³-hybridized carbons (Fsp3) is 0.462. The van der Waals surface area contributed by atoms with E-state index in [1.165, 1.54) is 0 Å². The van der Waals surface area contributed by atoms with Gasteiger partial charge in [-0.25, -0.2) is 0 Å². The molecule has 1 unspecified atom stereocenters. The first-order chi connectivity index (χ1) is 8.58. The van der Waals surface area contributed by atoms with Gasteiger partial charge in [0.05, 0.1) is 5.56 Å². The van der Waals surface area contributed by atoms with Gasteiger partial charge in [0, 0.05) is 31.4 Å². The molecule has 1 aliphatic rings. The molecule has 0 saturated carbocycles. The molecule has 0 spiro atoms. The summed E-state index contributed by atoms with van der Waals surface area (Å²) in [4.78, 5) is 28.7. The number of likely N-dealkylation sites (tertiary alicyclic amines) is 1. The number of aryl methyl sites for hydroxylation is 1. The number of carbonyl (C=O) groups excluding carboxylic acids is 1. The van der Waals surface area contributed by atoms with Crippen molar-refractivity contribution in [2.75, 3.05) is 13.1 Å². The Morgan fingerprint density at radius 1 is 1.56 bits per heavy atom. The predicted molar refractivity (Wildman–Crippen MR) is 65.2 cm³/mol. The van der Waals surface area contributed by atoms with Crippen LogP contribution in [0, 0.1) is 12.8 Å². The number of aliphatic carboxylic acids is 1. The fourth-order valence-electron chi connectivity index (χ4n) is 2.31. The topological polar surface area (TPSA) is 70.5 Å². The zero-order valence-electron chi connectivity index (χ0n) is 10.3. The summed E-state index contributed by atoms with van der Waals surface area (Å²) in [6.07, 6.45) is 2.55. The van der Waals surface area contributed by atoms with Gasteiger partial charge in [-0.3, -0.25) is 14.6 Å². The molecule has 5 nitrogen and oxygen atoms in total. The van der Waals surface area contributed by atoms with Gasteiger partial charge in [0.25, 0.3) is 5.91 Å². The molecule has 0 bridgehead atoms. The number of amides is 1. The quantitative estimate of drug-likeness (QED) is 0.876. The van der Waals surface area contributed by atoms with Crippen molar-refractivity contribution in [3.63, 3.8) is 0 Å². The summed E-state index contributed by atoms with van der Waals surface area (Å²) in [6.45, 7) is 2.96. The zero-order valence-corrected chi connectivity index (χ0v) is 10.3. The molecule has 18 heavy (non-hydrogen) atoms. The third-order valence-electron chi connectivity index (χ3n) is 3.27. The van der Waals surface area contributed by atoms with Crippen molar-refractivity contribution in [2.24, 2.45) is 5.92 Å². The highest BCUT2D eigenvalue weighted by Gasteiger charge is 2.28. The first-order valence-corrected chi connectivity index (χ1v) is 6.00. The molecule has 0 aliphatic carbocycles. The lowest BCUT2D eigenvalue weighted by atomic mass is 10.1. The van der Waals surface area contributed by atoms with Gasteiger partial charge in [0.1, 0.15) is 0 Å². The molecule has 2 rings (SSSR count). The molecule has 96 valence electrons. The number of carbonyl (C=O) groups is 2. The van der Waals surface area contributed by atoms with Crippen molar-refractivity contribution in [2.45, 2.75) is 19.8 Å². The molecular formula is C13H16N2O3. The fourth-order valence-corrected chi connectivity index (χ4v) is 2.31. The van der Waals surface area contributed by atoms with Gasteiger partial charge < -0.3 is 10.0 Å². The van der Waals surface area contributed by atoms with Crippen molar-refractivity contribution < 1.29 is 14.7 Å². The number of carboxylic acid groups (broad SMARTS) is 1. The number of nitrogens with zero attached hydrogens (tertiary/aromatic N) is 2. The van der Waals surface area contributed by atoms with E-state index in [9.17, 15) is 9.59 Å². The standard InChI is InChI=1S/C13H16N2O3/c1-9-11(3-2-5-14-9)13(18)15-6-4-10(8-15)7-12(16)17/h2-3,5,10H,4,6-8H2,1H3,(H,16,17). The summed E-state index contributed by atoms with van der Waals surface area (Å²) in [5.41, 5.74) is 1.32. The molecule has 1 aromatic heterocycles. The maximum Gasteiger partial charge on any atom is 0.303 e. The molecule has 1 fully saturated rings. The van der Waals surface area contributed by atoms with E-state index in [-0.39, 0.29) is 18.2 Å². The average Bonchev–Trinajstić information content (AvgIpc) is 2.76. The number of carboxylic acids is 1. The Morgan fingerprint density at radius 2 is 2.33 bits per heavy atom. The lowest BCUT2D eigenvalue weighted by Gasteiger charge is -2.17. The first-order valence-electron chi connectivity index (χ1n) is 6.00. The summed E-state index contributed by atoms with van der Waals surface area (Å²) < 4.78 is 0. The average molecular weight is 248 g/mol. The van der Waals surface area contributed by atoms with E-state index in [2.05, 4.69) is 4.98 Å². The van der Waals surface area contributed by atoms with E-state index in [1.54, 1.807) is 30.2 Å². The van der Waals surface area contributed by atoms with Crippen LogP contribution < -0.4 is 0 Å². The Morgan fingerprint density at radius 3 is 3.00 bits per heavy atom. The first kappa shape index (κ1) is 12.5. The number of aromatic nitrogens is 1. The summed E-state index contributed by atoms with van der Waals surface area (Å²) in [5.74, 6) is -0.774. The predicted octanol–water partition coefficient (Wildman–Crippen LogP) is 1.33. The number of hydrogen-bond acceptors (Lipinski definition) is 3.